The molecule has 0 aliphatic carbocycles. The molecule has 1 unspecified atom stereocenters. The van der Waals surface area contributed by atoms with Gasteiger partial charge in [0, 0.05) is 11.6 Å². The molecule has 1 aromatic carbocycles. The summed E-state index contributed by atoms with van der Waals surface area (Å²) in [4.78, 5) is 14.9. The molecule has 6 nitrogen and oxygen atoms in total. The summed E-state index contributed by atoms with van der Waals surface area (Å²) in [5.74, 6) is -1.75. The molecule has 3 aromatic rings. The summed E-state index contributed by atoms with van der Waals surface area (Å²) in [5.41, 5.74) is 5.67. The molecule has 0 saturated carbocycles. The fourth-order valence-corrected chi connectivity index (χ4v) is 2.11. The molecule has 0 aliphatic rings. The van der Waals surface area contributed by atoms with Gasteiger partial charge in [-0.1, -0.05) is 6.07 Å². The number of carbonyl (C=O) groups excluding carboxylic acids is 1. The average Bonchev–Trinajstić information content (AvgIpc) is 2.96. The summed E-state index contributed by atoms with van der Waals surface area (Å²) < 4.78 is 19.0. The van der Waals surface area contributed by atoms with Gasteiger partial charge in [0.15, 0.2) is 0 Å². The summed E-state index contributed by atoms with van der Waals surface area (Å²) in [6.45, 7) is 0. The maximum atomic E-state index is 14.0. The Bertz CT molecular complexity index is 836. The Kier molecular flexibility index (Phi) is 3.26. The van der Waals surface area contributed by atoms with Crippen molar-refractivity contribution in [2.75, 3.05) is 0 Å². The highest BCUT2D eigenvalue weighted by Crippen LogP contribution is 2.30. The van der Waals surface area contributed by atoms with E-state index in [0.29, 0.717) is 10.9 Å². The molecule has 2 aromatic heterocycles. The van der Waals surface area contributed by atoms with E-state index < -0.39 is 17.1 Å². The standard InChI is InChI=1S/C13H8ClFN4O2/c14-9(12-18-19-13(21-12)11(16)20)7-4-6-2-1-3-17-10(6)8(15)5-7/h1-5,9H,(H2,16,20). The minimum absolute atomic E-state index is 0.0342. The van der Waals surface area contributed by atoms with Gasteiger partial charge in [0.05, 0.1) is 0 Å². The molecule has 8 heteroatoms. The molecule has 2 N–H and O–H groups in total. The van der Waals surface area contributed by atoms with Crippen LogP contribution in [0.4, 0.5) is 4.39 Å². The molecule has 0 aliphatic heterocycles. The quantitative estimate of drug-likeness (QED) is 0.748. The van der Waals surface area contributed by atoms with E-state index in [4.69, 9.17) is 21.8 Å². The van der Waals surface area contributed by atoms with Crippen molar-refractivity contribution in [3.05, 3.63) is 53.6 Å². The van der Waals surface area contributed by atoms with Crippen LogP contribution in [0.1, 0.15) is 27.5 Å². The zero-order chi connectivity index (χ0) is 15.0. The maximum Gasteiger partial charge on any atom is 0.306 e. The monoisotopic (exact) mass is 306 g/mol. The van der Waals surface area contributed by atoms with E-state index in [1.54, 1.807) is 18.2 Å². The number of nitrogens with two attached hydrogens (primary N) is 1. The average molecular weight is 307 g/mol. The van der Waals surface area contributed by atoms with Crippen LogP contribution in [0.15, 0.2) is 34.9 Å². The van der Waals surface area contributed by atoms with Gasteiger partial charge in [0.2, 0.25) is 5.89 Å². The number of halogens is 2. The van der Waals surface area contributed by atoms with E-state index in [1.807, 2.05) is 0 Å². The fourth-order valence-electron chi connectivity index (χ4n) is 1.90. The zero-order valence-electron chi connectivity index (χ0n) is 10.5. The minimum Gasteiger partial charge on any atom is -0.415 e. The SMILES string of the molecule is NC(=O)c1nnc(C(Cl)c2cc(F)c3ncccc3c2)o1. The Morgan fingerprint density at radius 3 is 2.90 bits per heavy atom. The van der Waals surface area contributed by atoms with Gasteiger partial charge in [0.25, 0.3) is 0 Å². The van der Waals surface area contributed by atoms with Crippen molar-refractivity contribution in [2.45, 2.75) is 5.38 Å². The Labute approximate surface area is 122 Å². The number of benzene rings is 1. The molecule has 1 atom stereocenters. The maximum absolute atomic E-state index is 14.0. The number of carbonyl (C=O) groups is 1. The van der Waals surface area contributed by atoms with Crippen LogP contribution < -0.4 is 5.73 Å². The van der Waals surface area contributed by atoms with E-state index in [0.717, 1.165) is 0 Å². The summed E-state index contributed by atoms with van der Waals surface area (Å²) in [6, 6.07) is 6.30. The van der Waals surface area contributed by atoms with Crippen molar-refractivity contribution < 1.29 is 13.6 Å². The molecule has 106 valence electrons. The van der Waals surface area contributed by atoms with E-state index in [-0.39, 0.29) is 17.3 Å². The third kappa shape index (κ3) is 2.43. The van der Waals surface area contributed by atoms with Crippen molar-refractivity contribution in [3.8, 4) is 0 Å². The van der Waals surface area contributed by atoms with Crippen LogP contribution in [0, 0.1) is 5.82 Å². The normalized spacial score (nSPS) is 12.5. The second kappa shape index (κ2) is 5.10. The van der Waals surface area contributed by atoms with Crippen molar-refractivity contribution in [3.63, 3.8) is 0 Å². The lowest BCUT2D eigenvalue weighted by atomic mass is 10.1. The van der Waals surface area contributed by atoms with Gasteiger partial charge in [-0.25, -0.2) is 4.39 Å². The fraction of sp³-hybridized carbons (Fsp3) is 0.0769. The van der Waals surface area contributed by atoms with Gasteiger partial charge in [0.1, 0.15) is 16.7 Å². The molecule has 0 saturated heterocycles. The lowest BCUT2D eigenvalue weighted by Gasteiger charge is -2.07. The Hall–Kier alpha value is -2.54. The zero-order valence-corrected chi connectivity index (χ0v) is 11.2. The summed E-state index contributed by atoms with van der Waals surface area (Å²) >= 11 is 6.19. The van der Waals surface area contributed by atoms with E-state index >= 15 is 0 Å². The number of rotatable bonds is 3. The Balaban J connectivity index is 2.04. The van der Waals surface area contributed by atoms with Crippen LogP contribution in [0.25, 0.3) is 10.9 Å². The van der Waals surface area contributed by atoms with E-state index in [2.05, 4.69) is 15.2 Å². The van der Waals surface area contributed by atoms with Crippen LogP contribution in [-0.2, 0) is 0 Å². The first-order chi connectivity index (χ1) is 10.1. The van der Waals surface area contributed by atoms with Crippen molar-refractivity contribution >= 4 is 28.4 Å². The minimum atomic E-state index is -0.898. The van der Waals surface area contributed by atoms with Crippen molar-refractivity contribution in [1.29, 1.82) is 0 Å². The number of nitrogens with zero attached hydrogens (tertiary/aromatic N) is 3. The second-order valence-corrected chi connectivity index (χ2v) is 4.69. The van der Waals surface area contributed by atoms with Gasteiger partial charge < -0.3 is 10.2 Å². The first kappa shape index (κ1) is 13.4. The largest absolute Gasteiger partial charge is 0.415 e. The molecular weight excluding hydrogens is 299 g/mol. The smallest absolute Gasteiger partial charge is 0.306 e. The van der Waals surface area contributed by atoms with Gasteiger partial charge in [-0.05, 0) is 23.8 Å². The van der Waals surface area contributed by atoms with Crippen molar-refractivity contribution in [2.24, 2.45) is 5.73 Å². The molecule has 0 radical (unpaired) electrons. The number of aromatic nitrogens is 3. The molecular formula is C13H8ClFN4O2. The number of pyridine rings is 1. The topological polar surface area (TPSA) is 94.9 Å². The molecule has 2 heterocycles. The Morgan fingerprint density at radius 1 is 1.38 bits per heavy atom. The summed E-state index contributed by atoms with van der Waals surface area (Å²) in [5, 5.41) is 6.79. The van der Waals surface area contributed by atoms with Crippen LogP contribution in [0.3, 0.4) is 0 Å². The van der Waals surface area contributed by atoms with E-state index in [1.165, 1.54) is 12.3 Å². The van der Waals surface area contributed by atoms with Crippen LogP contribution >= 0.6 is 11.6 Å². The van der Waals surface area contributed by atoms with Gasteiger partial charge in [-0.15, -0.1) is 21.8 Å². The Morgan fingerprint density at radius 2 is 2.19 bits per heavy atom. The first-order valence-corrected chi connectivity index (χ1v) is 6.31. The number of fused-ring (bicyclic) bond motifs is 1. The lowest BCUT2D eigenvalue weighted by Crippen LogP contribution is -2.11. The third-order valence-electron chi connectivity index (χ3n) is 2.84. The number of hydrogen-bond acceptors (Lipinski definition) is 5. The number of amides is 1. The van der Waals surface area contributed by atoms with Crippen molar-refractivity contribution in [1.82, 2.24) is 15.2 Å². The highest BCUT2D eigenvalue weighted by atomic mass is 35.5. The number of alkyl halides is 1. The lowest BCUT2D eigenvalue weighted by molar-refractivity contribution is 0.0965. The van der Waals surface area contributed by atoms with E-state index in [9.17, 15) is 9.18 Å². The van der Waals surface area contributed by atoms with Crippen LogP contribution in [0.5, 0.6) is 0 Å². The summed E-state index contributed by atoms with van der Waals surface area (Å²) in [6.07, 6.45) is 1.50. The molecule has 3 rings (SSSR count). The number of hydrogen-bond donors (Lipinski definition) is 1. The molecule has 0 bridgehead atoms. The number of primary amides is 1. The van der Waals surface area contributed by atoms with Gasteiger partial charge in [-0.3, -0.25) is 9.78 Å². The third-order valence-corrected chi connectivity index (χ3v) is 3.28. The predicted octanol–water partition coefficient (Wildman–Crippen LogP) is 2.18. The second-order valence-electron chi connectivity index (χ2n) is 4.25. The molecule has 1 amide bonds. The highest BCUT2D eigenvalue weighted by Gasteiger charge is 2.21. The predicted molar refractivity (Wildman–Crippen MR) is 72.2 cm³/mol. The molecule has 0 spiro atoms. The highest BCUT2D eigenvalue weighted by molar-refractivity contribution is 6.22. The molecule has 0 fully saturated rings. The van der Waals surface area contributed by atoms with Crippen LogP contribution in [0.2, 0.25) is 0 Å². The first-order valence-electron chi connectivity index (χ1n) is 5.87. The van der Waals surface area contributed by atoms with Gasteiger partial charge in [-0.2, -0.15) is 0 Å². The van der Waals surface area contributed by atoms with Crippen LogP contribution in [-0.4, -0.2) is 21.1 Å². The summed E-state index contributed by atoms with van der Waals surface area (Å²) in [7, 11) is 0. The van der Waals surface area contributed by atoms with Gasteiger partial charge >= 0.3 is 11.8 Å². The molecule has 21 heavy (non-hydrogen) atoms.